The average molecular weight is 276 g/mol. The third-order valence-electron chi connectivity index (χ3n) is 2.22. The molecule has 0 radical (unpaired) electrons. The zero-order valence-electron chi connectivity index (χ0n) is 9.19. The molecule has 5 nitrogen and oxygen atoms in total. The van der Waals surface area contributed by atoms with Gasteiger partial charge >= 0.3 is 5.97 Å². The van der Waals surface area contributed by atoms with Crippen molar-refractivity contribution in [3.63, 3.8) is 0 Å². The Balaban J connectivity index is 2.87. The number of carboxylic acids is 1. The second-order valence-electron chi connectivity index (χ2n) is 3.48. The number of hydrogen-bond donors (Lipinski definition) is 3. The summed E-state index contributed by atoms with van der Waals surface area (Å²) in [5, 5.41) is 19.3. The standard InChI is InChI=1S/C11H11ClFNO4/c12-7-3-1-2-6(9(7)13)10(16)14-8(4-5-15)11(17)18/h1-3,8,15H,4-5H2,(H,14,16)(H,17,18)/t8-/m0/s1. The second-order valence-corrected chi connectivity index (χ2v) is 3.89. The van der Waals surface area contributed by atoms with Gasteiger partial charge in [-0.1, -0.05) is 17.7 Å². The van der Waals surface area contributed by atoms with E-state index in [0.29, 0.717) is 0 Å². The molecule has 0 aliphatic carbocycles. The van der Waals surface area contributed by atoms with Gasteiger partial charge in [0.15, 0.2) is 5.82 Å². The summed E-state index contributed by atoms with van der Waals surface area (Å²) in [6, 6.07) is 2.56. The van der Waals surface area contributed by atoms with E-state index in [1.165, 1.54) is 18.2 Å². The molecule has 0 aromatic heterocycles. The molecule has 0 unspecified atom stereocenters. The molecule has 0 bridgehead atoms. The van der Waals surface area contributed by atoms with Crippen LogP contribution in [0.4, 0.5) is 4.39 Å². The smallest absolute Gasteiger partial charge is 0.326 e. The molecule has 0 spiro atoms. The van der Waals surface area contributed by atoms with Crippen molar-refractivity contribution < 1.29 is 24.2 Å². The van der Waals surface area contributed by atoms with Crippen LogP contribution in [-0.2, 0) is 4.79 Å². The number of benzene rings is 1. The Morgan fingerprint density at radius 3 is 2.67 bits per heavy atom. The zero-order valence-corrected chi connectivity index (χ0v) is 9.95. The van der Waals surface area contributed by atoms with Gasteiger partial charge in [0.25, 0.3) is 5.91 Å². The number of carboxylic acid groups (broad SMARTS) is 1. The van der Waals surface area contributed by atoms with E-state index in [4.69, 9.17) is 21.8 Å². The van der Waals surface area contributed by atoms with Gasteiger partial charge in [-0.25, -0.2) is 9.18 Å². The summed E-state index contributed by atoms with van der Waals surface area (Å²) in [6.45, 7) is -0.407. The van der Waals surface area contributed by atoms with Gasteiger partial charge < -0.3 is 15.5 Å². The summed E-state index contributed by atoms with van der Waals surface area (Å²) in [5.41, 5.74) is -0.341. The molecule has 1 atom stereocenters. The zero-order chi connectivity index (χ0) is 13.7. The highest BCUT2D eigenvalue weighted by atomic mass is 35.5. The van der Waals surface area contributed by atoms with Crippen LogP contribution < -0.4 is 5.32 Å². The minimum Gasteiger partial charge on any atom is -0.480 e. The first-order valence-corrected chi connectivity index (χ1v) is 5.43. The third kappa shape index (κ3) is 3.41. The molecular formula is C11H11ClFNO4. The van der Waals surface area contributed by atoms with E-state index in [0.717, 1.165) is 0 Å². The summed E-state index contributed by atoms with van der Waals surface area (Å²) >= 11 is 5.51. The van der Waals surface area contributed by atoms with Gasteiger partial charge in [0.1, 0.15) is 6.04 Å². The van der Waals surface area contributed by atoms with Crippen LogP contribution >= 0.6 is 11.6 Å². The average Bonchev–Trinajstić information content (AvgIpc) is 2.31. The molecule has 98 valence electrons. The van der Waals surface area contributed by atoms with Crippen LogP contribution in [0.25, 0.3) is 0 Å². The minimum atomic E-state index is -1.31. The maximum Gasteiger partial charge on any atom is 0.326 e. The van der Waals surface area contributed by atoms with Crippen LogP contribution in [0.3, 0.4) is 0 Å². The SMILES string of the molecule is O=C(N[C@@H](CCO)C(=O)O)c1cccc(Cl)c1F. The lowest BCUT2D eigenvalue weighted by atomic mass is 10.1. The van der Waals surface area contributed by atoms with Crippen molar-refractivity contribution in [2.24, 2.45) is 0 Å². The molecule has 7 heteroatoms. The van der Waals surface area contributed by atoms with Gasteiger partial charge in [-0.2, -0.15) is 0 Å². The molecule has 0 aliphatic heterocycles. The van der Waals surface area contributed by atoms with E-state index in [9.17, 15) is 14.0 Å². The van der Waals surface area contributed by atoms with Crippen molar-refractivity contribution in [2.75, 3.05) is 6.61 Å². The van der Waals surface area contributed by atoms with Gasteiger partial charge in [0.05, 0.1) is 10.6 Å². The van der Waals surface area contributed by atoms with Crippen LogP contribution in [-0.4, -0.2) is 34.7 Å². The highest BCUT2D eigenvalue weighted by molar-refractivity contribution is 6.31. The van der Waals surface area contributed by atoms with Crippen LogP contribution in [0.2, 0.25) is 5.02 Å². The number of aliphatic carboxylic acids is 1. The van der Waals surface area contributed by atoms with Crippen molar-refractivity contribution in [2.45, 2.75) is 12.5 Å². The highest BCUT2D eigenvalue weighted by Crippen LogP contribution is 2.17. The Hall–Kier alpha value is -1.66. The number of amides is 1. The van der Waals surface area contributed by atoms with Crippen LogP contribution in [0.1, 0.15) is 16.8 Å². The molecule has 18 heavy (non-hydrogen) atoms. The molecule has 0 fully saturated rings. The Morgan fingerprint density at radius 2 is 2.11 bits per heavy atom. The number of aliphatic hydroxyl groups excluding tert-OH is 1. The predicted molar refractivity (Wildman–Crippen MR) is 62.0 cm³/mol. The lowest BCUT2D eigenvalue weighted by Crippen LogP contribution is -2.41. The monoisotopic (exact) mass is 275 g/mol. The Kier molecular flexibility index (Phi) is 5.06. The van der Waals surface area contributed by atoms with E-state index in [2.05, 4.69) is 5.32 Å². The Bertz CT molecular complexity index is 466. The lowest BCUT2D eigenvalue weighted by Gasteiger charge is -2.13. The maximum atomic E-state index is 13.5. The summed E-state index contributed by atoms with van der Waals surface area (Å²) < 4.78 is 13.5. The van der Waals surface area contributed by atoms with Crippen molar-refractivity contribution >= 4 is 23.5 Å². The van der Waals surface area contributed by atoms with E-state index in [1.807, 2.05) is 0 Å². The minimum absolute atomic E-state index is 0.163. The molecule has 0 saturated heterocycles. The fraction of sp³-hybridized carbons (Fsp3) is 0.273. The number of hydrogen-bond acceptors (Lipinski definition) is 3. The molecule has 1 rings (SSSR count). The molecule has 0 saturated carbocycles. The number of carbonyl (C=O) groups is 2. The van der Waals surface area contributed by atoms with Gasteiger partial charge in [-0.3, -0.25) is 4.79 Å². The number of carbonyl (C=O) groups excluding carboxylic acids is 1. The first-order chi connectivity index (χ1) is 8.47. The van der Waals surface area contributed by atoms with Crippen LogP contribution in [0.15, 0.2) is 18.2 Å². The maximum absolute atomic E-state index is 13.5. The van der Waals surface area contributed by atoms with Gasteiger partial charge in [-0.05, 0) is 12.1 Å². The highest BCUT2D eigenvalue weighted by Gasteiger charge is 2.22. The van der Waals surface area contributed by atoms with E-state index in [1.54, 1.807) is 0 Å². The topological polar surface area (TPSA) is 86.6 Å². The summed E-state index contributed by atoms with van der Waals surface area (Å²) in [4.78, 5) is 22.4. The predicted octanol–water partition coefficient (Wildman–Crippen LogP) is 1.04. The first-order valence-electron chi connectivity index (χ1n) is 5.06. The number of nitrogens with one attached hydrogen (secondary N) is 1. The van der Waals surface area contributed by atoms with E-state index >= 15 is 0 Å². The van der Waals surface area contributed by atoms with Crippen molar-refractivity contribution in [1.82, 2.24) is 5.32 Å². The second kappa shape index (κ2) is 6.32. The fourth-order valence-electron chi connectivity index (χ4n) is 1.30. The molecule has 3 N–H and O–H groups in total. The molecule has 1 aromatic rings. The summed E-state index contributed by atoms with van der Waals surface area (Å²) in [5.74, 6) is -3.11. The fourth-order valence-corrected chi connectivity index (χ4v) is 1.48. The third-order valence-corrected chi connectivity index (χ3v) is 2.51. The molecular weight excluding hydrogens is 265 g/mol. The Labute approximate surface area is 107 Å². The molecule has 0 aliphatic rings. The Morgan fingerprint density at radius 1 is 1.44 bits per heavy atom. The molecule has 0 heterocycles. The largest absolute Gasteiger partial charge is 0.480 e. The van der Waals surface area contributed by atoms with Crippen molar-refractivity contribution in [3.05, 3.63) is 34.6 Å². The lowest BCUT2D eigenvalue weighted by molar-refractivity contribution is -0.139. The van der Waals surface area contributed by atoms with Gasteiger partial charge in [0.2, 0.25) is 0 Å². The quantitative estimate of drug-likeness (QED) is 0.749. The molecule has 1 aromatic carbocycles. The summed E-state index contributed by atoms with van der Waals surface area (Å²) in [7, 11) is 0. The van der Waals surface area contributed by atoms with Gasteiger partial charge in [-0.15, -0.1) is 0 Å². The van der Waals surface area contributed by atoms with Gasteiger partial charge in [0, 0.05) is 13.0 Å². The number of halogens is 2. The van der Waals surface area contributed by atoms with Crippen LogP contribution in [0, 0.1) is 5.82 Å². The normalized spacial score (nSPS) is 11.9. The first kappa shape index (κ1) is 14.4. The van der Waals surface area contributed by atoms with Crippen molar-refractivity contribution in [3.8, 4) is 0 Å². The summed E-state index contributed by atoms with van der Waals surface area (Å²) in [6.07, 6.45) is -0.163. The van der Waals surface area contributed by atoms with E-state index in [-0.39, 0.29) is 17.0 Å². The number of rotatable bonds is 5. The van der Waals surface area contributed by atoms with E-state index < -0.39 is 30.3 Å². The van der Waals surface area contributed by atoms with Crippen LogP contribution in [0.5, 0.6) is 0 Å². The van der Waals surface area contributed by atoms with Crippen molar-refractivity contribution in [1.29, 1.82) is 0 Å². The number of aliphatic hydroxyl groups is 1. The molecule has 1 amide bonds.